The van der Waals surface area contributed by atoms with Gasteiger partial charge in [0.25, 0.3) is 0 Å². The summed E-state index contributed by atoms with van der Waals surface area (Å²) < 4.78 is 32.3. The highest BCUT2D eigenvalue weighted by molar-refractivity contribution is 8.15. The molecule has 0 spiro atoms. The van der Waals surface area contributed by atoms with E-state index in [1.807, 2.05) is 0 Å². The van der Waals surface area contributed by atoms with Crippen LogP contribution in [0.25, 0.3) is 0 Å². The van der Waals surface area contributed by atoms with Crippen LogP contribution in [0.1, 0.15) is 12.5 Å². The highest BCUT2D eigenvalue weighted by Gasteiger charge is 2.16. The van der Waals surface area contributed by atoms with Gasteiger partial charge in [-0.3, -0.25) is 4.79 Å². The number of nitrogens with zero attached hydrogens (tertiary/aromatic N) is 2. The van der Waals surface area contributed by atoms with Gasteiger partial charge in [-0.1, -0.05) is 11.8 Å². The number of hydrogen-bond donors (Lipinski definition) is 1. The summed E-state index contributed by atoms with van der Waals surface area (Å²) in [5.74, 6) is -1.38. The summed E-state index contributed by atoms with van der Waals surface area (Å²) in [6.45, 7) is 2.03. The van der Waals surface area contributed by atoms with Gasteiger partial charge in [0.1, 0.15) is 17.4 Å². The van der Waals surface area contributed by atoms with Crippen LogP contribution in [0.4, 0.5) is 8.78 Å². The summed E-state index contributed by atoms with van der Waals surface area (Å²) in [5.41, 5.74) is -0.313. The zero-order valence-electron chi connectivity index (χ0n) is 10.5. The fourth-order valence-electron chi connectivity index (χ4n) is 1.45. The topological polar surface area (TPSA) is 63.1 Å². The minimum atomic E-state index is -0.791. The number of amides is 1. The van der Waals surface area contributed by atoms with Crippen LogP contribution in [0.2, 0.25) is 0 Å². The molecule has 1 heterocycles. The molecule has 8 heteroatoms. The highest BCUT2D eigenvalue weighted by Crippen LogP contribution is 2.19. The number of carbonyl (C=O) groups is 1. The van der Waals surface area contributed by atoms with Crippen LogP contribution >= 0.6 is 11.8 Å². The van der Waals surface area contributed by atoms with Gasteiger partial charge in [0, 0.05) is 12.1 Å². The monoisotopic (exact) mass is 299 g/mol. The molecule has 2 rings (SSSR count). The summed E-state index contributed by atoms with van der Waals surface area (Å²) in [6, 6.07) is 2.15. The van der Waals surface area contributed by atoms with Gasteiger partial charge < -0.3 is 10.1 Å². The lowest BCUT2D eigenvalue weighted by molar-refractivity contribution is -0.116. The Labute approximate surface area is 118 Å². The molecule has 106 valence electrons. The molecular formula is C12H11F2N3O2S. The highest BCUT2D eigenvalue weighted by atomic mass is 32.2. The molecule has 1 fully saturated rings. The average molecular weight is 299 g/mol. The molecule has 0 unspecified atom stereocenters. The fourth-order valence-corrected chi connectivity index (χ4v) is 2.08. The Hall–Kier alpha value is -1.96. The van der Waals surface area contributed by atoms with Crippen molar-refractivity contribution in [2.75, 3.05) is 12.4 Å². The summed E-state index contributed by atoms with van der Waals surface area (Å²) >= 11 is 1.17. The average Bonchev–Trinajstić information content (AvgIpc) is 2.79. The van der Waals surface area contributed by atoms with Crippen molar-refractivity contribution >= 4 is 29.1 Å². The van der Waals surface area contributed by atoms with Crippen molar-refractivity contribution in [3.05, 3.63) is 29.3 Å². The van der Waals surface area contributed by atoms with E-state index in [-0.39, 0.29) is 23.0 Å². The molecule has 5 nitrogen and oxygen atoms in total. The van der Waals surface area contributed by atoms with Crippen molar-refractivity contribution in [3.8, 4) is 5.75 Å². The van der Waals surface area contributed by atoms with E-state index in [2.05, 4.69) is 15.5 Å². The molecule has 20 heavy (non-hydrogen) atoms. The minimum absolute atomic E-state index is 0.115. The van der Waals surface area contributed by atoms with E-state index in [9.17, 15) is 13.6 Å². The van der Waals surface area contributed by atoms with Crippen LogP contribution in [-0.2, 0) is 4.79 Å². The van der Waals surface area contributed by atoms with Crippen LogP contribution < -0.4 is 10.1 Å². The number of carbonyl (C=O) groups excluding carboxylic acids is 1. The molecule has 1 aromatic rings. The number of rotatable bonds is 4. The number of halogens is 2. The number of hydrogen-bond acceptors (Lipinski definition) is 5. The molecular weight excluding hydrogens is 288 g/mol. The Bertz CT molecular complexity index is 567. The smallest absolute Gasteiger partial charge is 0.236 e. The van der Waals surface area contributed by atoms with Crippen molar-refractivity contribution in [3.63, 3.8) is 0 Å². The normalized spacial score (nSPS) is 16.9. The standard InChI is InChI=1S/C12H11F2N3O2S/c1-2-19-7-3-9(13)8(10(14)4-7)5-15-17-12-16-11(18)6-20-12/h3-5H,2,6H2,1H3,(H,16,17,18). The lowest BCUT2D eigenvalue weighted by Gasteiger charge is -2.05. The Morgan fingerprint density at radius 3 is 2.70 bits per heavy atom. The number of thioether (sulfide) groups is 1. The Balaban J connectivity index is 2.15. The maximum absolute atomic E-state index is 13.7. The molecule has 0 atom stereocenters. The zero-order valence-corrected chi connectivity index (χ0v) is 11.3. The molecule has 0 bridgehead atoms. The van der Waals surface area contributed by atoms with Gasteiger partial charge in [-0.2, -0.15) is 5.10 Å². The molecule has 1 aliphatic rings. The number of amidine groups is 1. The van der Waals surface area contributed by atoms with Gasteiger partial charge in [0.05, 0.1) is 24.1 Å². The van der Waals surface area contributed by atoms with E-state index < -0.39 is 11.6 Å². The van der Waals surface area contributed by atoms with E-state index in [1.165, 1.54) is 11.8 Å². The molecule has 0 aliphatic carbocycles. The second-order valence-electron chi connectivity index (χ2n) is 3.72. The Kier molecular flexibility index (Phi) is 4.67. The molecule has 0 saturated carbocycles. The third kappa shape index (κ3) is 3.53. The number of benzene rings is 1. The van der Waals surface area contributed by atoms with Crippen molar-refractivity contribution in [1.29, 1.82) is 0 Å². The predicted molar refractivity (Wildman–Crippen MR) is 73.2 cm³/mol. The van der Waals surface area contributed by atoms with Crippen LogP contribution in [0.15, 0.2) is 22.3 Å². The van der Waals surface area contributed by atoms with Crippen LogP contribution in [-0.4, -0.2) is 29.6 Å². The van der Waals surface area contributed by atoms with Gasteiger partial charge in [0.15, 0.2) is 5.17 Å². The molecule has 1 saturated heterocycles. The van der Waals surface area contributed by atoms with E-state index in [0.717, 1.165) is 18.3 Å². The van der Waals surface area contributed by atoms with Gasteiger partial charge in [-0.15, -0.1) is 5.10 Å². The first-order valence-corrected chi connectivity index (χ1v) is 6.74. The summed E-state index contributed by atoms with van der Waals surface area (Å²) in [5, 5.41) is 9.98. The van der Waals surface area contributed by atoms with Crippen molar-refractivity contribution in [2.24, 2.45) is 10.2 Å². The first-order chi connectivity index (χ1) is 9.60. The number of ether oxygens (including phenoxy) is 1. The molecule has 1 aliphatic heterocycles. The zero-order chi connectivity index (χ0) is 14.5. The fraction of sp³-hybridized carbons (Fsp3) is 0.250. The lowest BCUT2D eigenvalue weighted by atomic mass is 10.2. The second kappa shape index (κ2) is 6.47. The van der Waals surface area contributed by atoms with Crippen LogP contribution in [0, 0.1) is 11.6 Å². The van der Waals surface area contributed by atoms with Crippen LogP contribution in [0.3, 0.4) is 0 Å². The first kappa shape index (κ1) is 14.4. The van der Waals surface area contributed by atoms with Crippen molar-refractivity contribution in [1.82, 2.24) is 5.32 Å². The maximum Gasteiger partial charge on any atom is 0.236 e. The summed E-state index contributed by atoms with van der Waals surface area (Å²) in [7, 11) is 0. The molecule has 0 aromatic heterocycles. The van der Waals surface area contributed by atoms with Gasteiger partial charge in [-0.05, 0) is 6.92 Å². The van der Waals surface area contributed by atoms with Crippen molar-refractivity contribution in [2.45, 2.75) is 6.92 Å². The minimum Gasteiger partial charge on any atom is -0.494 e. The van der Waals surface area contributed by atoms with Gasteiger partial charge in [0.2, 0.25) is 5.91 Å². The summed E-state index contributed by atoms with van der Waals surface area (Å²) in [4.78, 5) is 10.9. The SMILES string of the molecule is CCOc1cc(F)c(C=NN=C2NC(=O)CS2)c(F)c1. The largest absolute Gasteiger partial charge is 0.494 e. The quantitative estimate of drug-likeness (QED) is 0.682. The molecule has 1 aromatic carbocycles. The van der Waals surface area contributed by atoms with Gasteiger partial charge in [-0.25, -0.2) is 8.78 Å². The van der Waals surface area contributed by atoms with Gasteiger partial charge >= 0.3 is 0 Å². The predicted octanol–water partition coefficient (Wildman–Crippen LogP) is 1.92. The third-order valence-electron chi connectivity index (χ3n) is 2.29. The number of nitrogens with one attached hydrogen (secondary N) is 1. The summed E-state index contributed by atoms with van der Waals surface area (Å²) in [6.07, 6.45) is 0.957. The van der Waals surface area contributed by atoms with Crippen LogP contribution in [0.5, 0.6) is 5.75 Å². The van der Waals surface area contributed by atoms with E-state index in [1.54, 1.807) is 6.92 Å². The van der Waals surface area contributed by atoms with Crippen molar-refractivity contribution < 1.29 is 18.3 Å². The lowest BCUT2D eigenvalue weighted by Crippen LogP contribution is -2.19. The third-order valence-corrected chi connectivity index (χ3v) is 3.15. The molecule has 1 N–H and O–H groups in total. The second-order valence-corrected chi connectivity index (χ2v) is 4.68. The molecule has 1 amide bonds. The van der Waals surface area contributed by atoms with E-state index >= 15 is 0 Å². The molecule has 0 radical (unpaired) electrons. The Morgan fingerprint density at radius 1 is 1.45 bits per heavy atom. The Morgan fingerprint density at radius 2 is 2.15 bits per heavy atom. The maximum atomic E-state index is 13.7. The first-order valence-electron chi connectivity index (χ1n) is 5.75. The van der Waals surface area contributed by atoms with E-state index in [4.69, 9.17) is 4.74 Å². The van der Waals surface area contributed by atoms with E-state index in [0.29, 0.717) is 11.8 Å².